The molecular weight excluding hydrogens is 416 g/mol. The first-order valence-corrected chi connectivity index (χ1v) is 11.5. The maximum atomic E-state index is 13.5. The predicted octanol–water partition coefficient (Wildman–Crippen LogP) is 2.84. The Morgan fingerprint density at radius 3 is 2.55 bits per heavy atom. The van der Waals surface area contributed by atoms with Gasteiger partial charge in [0.15, 0.2) is 11.5 Å². The van der Waals surface area contributed by atoms with Gasteiger partial charge in [-0.2, -0.15) is 4.98 Å². The van der Waals surface area contributed by atoms with Crippen LogP contribution in [0, 0.1) is 0 Å². The summed E-state index contributed by atoms with van der Waals surface area (Å²) in [5.41, 5.74) is 0. The van der Waals surface area contributed by atoms with E-state index in [0.29, 0.717) is 51.0 Å². The molecular formula is C19H18N2O6S2. The zero-order valence-electron chi connectivity index (χ0n) is 15.4. The van der Waals surface area contributed by atoms with Gasteiger partial charge in [-0.05, 0) is 23.6 Å². The minimum absolute atomic E-state index is 0.0855. The number of fused-ring (bicyclic) bond motifs is 1. The Morgan fingerprint density at radius 2 is 1.79 bits per heavy atom. The molecule has 8 nitrogen and oxygen atoms in total. The maximum absolute atomic E-state index is 13.5. The molecule has 0 bridgehead atoms. The van der Waals surface area contributed by atoms with Crippen molar-refractivity contribution in [2.75, 3.05) is 44.4 Å². The van der Waals surface area contributed by atoms with Gasteiger partial charge in [-0.1, -0.05) is 6.07 Å². The molecule has 1 aromatic carbocycles. The van der Waals surface area contributed by atoms with Crippen molar-refractivity contribution >= 4 is 27.1 Å². The number of nitrogens with zero attached hydrogens (tertiary/aromatic N) is 2. The third-order valence-electron chi connectivity index (χ3n) is 4.69. The predicted molar refractivity (Wildman–Crippen MR) is 106 cm³/mol. The summed E-state index contributed by atoms with van der Waals surface area (Å²) in [5.74, 6) is 1.47. The van der Waals surface area contributed by atoms with Gasteiger partial charge in [0, 0.05) is 19.2 Å². The lowest BCUT2D eigenvalue weighted by atomic mass is 10.3. The third-order valence-corrected chi connectivity index (χ3v) is 7.20. The highest BCUT2D eigenvalue weighted by molar-refractivity contribution is 7.91. The molecule has 4 heterocycles. The van der Waals surface area contributed by atoms with Crippen molar-refractivity contribution in [1.29, 1.82) is 0 Å². The van der Waals surface area contributed by atoms with E-state index < -0.39 is 9.84 Å². The molecule has 0 amide bonds. The molecule has 1 saturated heterocycles. The van der Waals surface area contributed by atoms with Crippen LogP contribution in [0.4, 0.5) is 5.88 Å². The van der Waals surface area contributed by atoms with E-state index in [-0.39, 0.29) is 21.7 Å². The zero-order chi connectivity index (χ0) is 19.8. The molecule has 2 aliphatic rings. The number of rotatable bonds is 4. The molecule has 152 valence electrons. The minimum atomic E-state index is -3.94. The highest BCUT2D eigenvalue weighted by Gasteiger charge is 2.33. The van der Waals surface area contributed by atoms with E-state index >= 15 is 0 Å². The Morgan fingerprint density at radius 1 is 1.00 bits per heavy atom. The van der Waals surface area contributed by atoms with Gasteiger partial charge >= 0.3 is 0 Å². The van der Waals surface area contributed by atoms with E-state index in [1.54, 1.807) is 6.07 Å². The monoisotopic (exact) mass is 434 g/mol. The lowest BCUT2D eigenvalue weighted by molar-refractivity contribution is 0.120. The molecule has 3 aromatic rings. The van der Waals surface area contributed by atoms with Crippen LogP contribution in [0.15, 0.2) is 50.1 Å². The number of oxazole rings is 1. The molecule has 2 aromatic heterocycles. The summed E-state index contributed by atoms with van der Waals surface area (Å²) in [6.45, 7) is 2.87. The first-order chi connectivity index (χ1) is 14.1. The molecule has 0 saturated carbocycles. The van der Waals surface area contributed by atoms with Crippen molar-refractivity contribution in [3.63, 3.8) is 0 Å². The first-order valence-electron chi connectivity index (χ1n) is 9.15. The Bertz CT molecular complexity index is 1120. The van der Waals surface area contributed by atoms with E-state index in [1.165, 1.54) is 23.5 Å². The SMILES string of the molecule is O=S(=O)(c1ccc2c(c1)OCCO2)c1nc(-c2cccs2)oc1N1CCOCC1. The van der Waals surface area contributed by atoms with Crippen LogP contribution < -0.4 is 14.4 Å². The summed E-state index contributed by atoms with van der Waals surface area (Å²) in [6, 6.07) is 8.31. The molecule has 2 aliphatic heterocycles. The van der Waals surface area contributed by atoms with Crippen LogP contribution in [0.3, 0.4) is 0 Å². The van der Waals surface area contributed by atoms with E-state index in [9.17, 15) is 8.42 Å². The van der Waals surface area contributed by atoms with Crippen LogP contribution in [0.1, 0.15) is 0 Å². The Labute approximate surface area is 171 Å². The van der Waals surface area contributed by atoms with E-state index in [4.69, 9.17) is 18.6 Å². The molecule has 0 spiro atoms. The number of hydrogen-bond acceptors (Lipinski definition) is 9. The molecule has 0 unspecified atom stereocenters. The summed E-state index contributed by atoms with van der Waals surface area (Å²) in [6.07, 6.45) is 0. The van der Waals surface area contributed by atoms with E-state index in [2.05, 4.69) is 4.98 Å². The average molecular weight is 434 g/mol. The van der Waals surface area contributed by atoms with Crippen molar-refractivity contribution < 1.29 is 27.0 Å². The van der Waals surface area contributed by atoms with Gasteiger partial charge in [-0.15, -0.1) is 11.3 Å². The van der Waals surface area contributed by atoms with Crippen LogP contribution in [0.25, 0.3) is 10.8 Å². The largest absolute Gasteiger partial charge is 0.486 e. The van der Waals surface area contributed by atoms with Crippen LogP contribution in [-0.2, 0) is 14.6 Å². The van der Waals surface area contributed by atoms with Gasteiger partial charge in [0.25, 0.3) is 0 Å². The summed E-state index contributed by atoms with van der Waals surface area (Å²) in [5, 5.41) is 1.79. The summed E-state index contributed by atoms with van der Waals surface area (Å²) < 4.78 is 49.4. The van der Waals surface area contributed by atoms with Gasteiger partial charge in [0.1, 0.15) is 13.2 Å². The summed E-state index contributed by atoms with van der Waals surface area (Å²) in [4.78, 5) is 7.10. The minimum Gasteiger partial charge on any atom is -0.486 e. The van der Waals surface area contributed by atoms with Crippen molar-refractivity contribution in [2.45, 2.75) is 9.92 Å². The fourth-order valence-electron chi connectivity index (χ4n) is 3.25. The lowest BCUT2D eigenvalue weighted by Crippen LogP contribution is -2.36. The number of benzene rings is 1. The van der Waals surface area contributed by atoms with Crippen LogP contribution >= 0.6 is 11.3 Å². The van der Waals surface area contributed by atoms with Crippen LogP contribution in [0.5, 0.6) is 11.5 Å². The molecule has 1 fully saturated rings. The van der Waals surface area contributed by atoms with Crippen LogP contribution in [-0.4, -0.2) is 52.9 Å². The standard InChI is InChI=1S/C19H18N2O6S2/c22-29(23,13-3-4-14-15(12-13)26-10-9-25-14)18-19(21-5-7-24-8-6-21)27-17(20-18)16-2-1-11-28-16/h1-4,11-12H,5-10H2. The topological polar surface area (TPSA) is 91.1 Å². The Balaban J connectivity index is 1.61. The van der Waals surface area contributed by atoms with Gasteiger partial charge < -0.3 is 23.5 Å². The molecule has 5 rings (SSSR count). The second-order valence-corrected chi connectivity index (χ2v) is 9.33. The van der Waals surface area contributed by atoms with E-state index in [1.807, 2.05) is 22.4 Å². The van der Waals surface area contributed by atoms with Crippen molar-refractivity contribution in [3.05, 3.63) is 35.7 Å². The lowest BCUT2D eigenvalue weighted by Gasteiger charge is -2.26. The molecule has 10 heteroatoms. The van der Waals surface area contributed by atoms with Gasteiger partial charge in [-0.3, -0.25) is 0 Å². The average Bonchev–Trinajstić information content (AvgIpc) is 3.44. The third kappa shape index (κ3) is 3.37. The quantitative estimate of drug-likeness (QED) is 0.619. The molecule has 0 aliphatic carbocycles. The summed E-state index contributed by atoms with van der Waals surface area (Å²) >= 11 is 1.44. The maximum Gasteiger partial charge on any atom is 0.240 e. The number of ether oxygens (including phenoxy) is 3. The van der Waals surface area contributed by atoms with Gasteiger partial charge in [-0.25, -0.2) is 8.42 Å². The Kier molecular flexibility index (Phi) is 4.69. The second kappa shape index (κ2) is 7.36. The highest BCUT2D eigenvalue weighted by atomic mass is 32.2. The van der Waals surface area contributed by atoms with Crippen molar-refractivity contribution in [2.24, 2.45) is 0 Å². The Hall–Kier alpha value is -2.56. The number of thiophene rings is 1. The van der Waals surface area contributed by atoms with E-state index in [0.717, 1.165) is 4.88 Å². The van der Waals surface area contributed by atoms with Gasteiger partial charge in [0.05, 0.1) is 23.0 Å². The molecule has 0 radical (unpaired) electrons. The number of hydrogen-bond donors (Lipinski definition) is 0. The zero-order valence-corrected chi connectivity index (χ0v) is 17.0. The number of anilines is 1. The fourth-order valence-corrected chi connectivity index (χ4v) is 5.23. The normalized spacial score (nSPS) is 16.8. The fraction of sp³-hybridized carbons (Fsp3) is 0.316. The smallest absolute Gasteiger partial charge is 0.240 e. The van der Waals surface area contributed by atoms with Crippen LogP contribution in [0.2, 0.25) is 0 Å². The summed E-state index contributed by atoms with van der Waals surface area (Å²) in [7, 11) is -3.94. The highest BCUT2D eigenvalue weighted by Crippen LogP contribution is 2.39. The second-order valence-electron chi connectivity index (χ2n) is 6.51. The van der Waals surface area contributed by atoms with Crippen molar-refractivity contribution in [3.8, 4) is 22.3 Å². The number of sulfone groups is 1. The number of aromatic nitrogens is 1. The van der Waals surface area contributed by atoms with Gasteiger partial charge in [0.2, 0.25) is 26.6 Å². The molecule has 0 atom stereocenters. The molecule has 0 N–H and O–H groups in total. The first kappa shape index (κ1) is 18.5. The van der Waals surface area contributed by atoms with Crippen molar-refractivity contribution in [1.82, 2.24) is 4.98 Å². The number of morpholine rings is 1. The molecule has 29 heavy (non-hydrogen) atoms.